The minimum atomic E-state index is -5.32. The van der Waals surface area contributed by atoms with Gasteiger partial charge in [0.05, 0.1) is 6.61 Å². The molecule has 2 aliphatic heterocycles. The zero-order chi connectivity index (χ0) is 26.0. The maximum absolute atomic E-state index is 11.6. The third-order valence-corrected chi connectivity index (χ3v) is 5.28. The van der Waals surface area contributed by atoms with Crippen molar-refractivity contribution in [2.45, 2.75) is 56.1 Å². The van der Waals surface area contributed by atoms with Gasteiger partial charge in [0.2, 0.25) is 18.0 Å². The van der Waals surface area contributed by atoms with Crippen LogP contribution in [0.15, 0.2) is 11.8 Å². The first-order chi connectivity index (χ1) is 15.5. The van der Waals surface area contributed by atoms with Gasteiger partial charge in [-0.05, 0) is 6.08 Å². The monoisotopic (exact) mass is 539 g/mol. The van der Waals surface area contributed by atoms with Gasteiger partial charge in [0, 0.05) is 6.92 Å². The van der Waals surface area contributed by atoms with E-state index in [1.54, 1.807) is 0 Å². The highest BCUT2D eigenvalue weighted by Crippen LogP contribution is 2.31. The van der Waals surface area contributed by atoms with E-state index < -0.39 is 94.2 Å². The summed E-state index contributed by atoms with van der Waals surface area (Å²) in [5.41, 5.74) is 0. The van der Waals surface area contributed by atoms with Crippen LogP contribution in [0.25, 0.3) is 0 Å². The van der Waals surface area contributed by atoms with E-state index in [0.29, 0.717) is 6.08 Å². The molecule has 1 fully saturated rings. The van der Waals surface area contributed by atoms with E-state index in [1.807, 2.05) is 0 Å². The SMILES string of the molecule is CC(=O)N[C@@H]1[C@@H](O[C@H]2OC(C(=O)O)=C[C@H](O)[C@H]2OS(=O)(=O)O)[C@@H](OS(=O)(=O)O)[C@@H](CO)O[C@H]1O. The highest BCUT2D eigenvalue weighted by atomic mass is 32.3. The second kappa shape index (κ2) is 10.7. The molecule has 0 spiro atoms. The number of hydrogen-bond acceptors (Lipinski definition) is 14. The fourth-order valence-corrected chi connectivity index (χ4v) is 4.14. The summed E-state index contributed by atoms with van der Waals surface area (Å²) in [5.74, 6) is -3.62. The first-order valence-electron chi connectivity index (χ1n) is 9.00. The molecule has 0 unspecified atom stereocenters. The third-order valence-electron chi connectivity index (χ3n) is 4.35. The predicted molar refractivity (Wildman–Crippen MR) is 99.9 cm³/mol. The number of aliphatic hydroxyl groups is 3. The molecule has 0 saturated carbocycles. The Labute approximate surface area is 191 Å². The van der Waals surface area contributed by atoms with Gasteiger partial charge in [0.15, 0.2) is 12.4 Å². The van der Waals surface area contributed by atoms with Crippen LogP contribution in [-0.2, 0) is 53.0 Å². The Kier molecular flexibility index (Phi) is 8.93. The number of carbonyl (C=O) groups is 2. The highest BCUT2D eigenvalue weighted by molar-refractivity contribution is 7.81. The maximum Gasteiger partial charge on any atom is 0.397 e. The Morgan fingerprint density at radius 2 is 1.62 bits per heavy atom. The molecule has 0 aromatic heterocycles. The van der Waals surface area contributed by atoms with E-state index >= 15 is 0 Å². The summed E-state index contributed by atoms with van der Waals surface area (Å²) in [6, 6.07) is -1.77. The quantitative estimate of drug-likeness (QED) is 0.136. The smallest absolute Gasteiger partial charge is 0.397 e. The van der Waals surface area contributed by atoms with Crippen LogP contribution in [0.5, 0.6) is 0 Å². The lowest BCUT2D eigenvalue weighted by Gasteiger charge is -2.45. The molecule has 1 amide bonds. The van der Waals surface area contributed by atoms with Crippen LogP contribution in [0.4, 0.5) is 0 Å². The fourth-order valence-electron chi connectivity index (χ4n) is 3.14. The van der Waals surface area contributed by atoms with Gasteiger partial charge in [-0.15, -0.1) is 0 Å². The highest BCUT2D eigenvalue weighted by Gasteiger charge is 2.52. The average molecular weight is 539 g/mol. The zero-order valence-electron chi connectivity index (χ0n) is 16.9. The summed E-state index contributed by atoms with van der Waals surface area (Å²) >= 11 is 0. The first-order valence-corrected chi connectivity index (χ1v) is 11.7. The largest absolute Gasteiger partial charge is 0.475 e. The molecule has 196 valence electrons. The third kappa shape index (κ3) is 7.51. The van der Waals surface area contributed by atoms with Crippen molar-refractivity contribution in [2.75, 3.05) is 6.61 Å². The van der Waals surface area contributed by atoms with Crippen LogP contribution < -0.4 is 5.32 Å². The van der Waals surface area contributed by atoms with E-state index in [0.717, 1.165) is 6.92 Å². The summed E-state index contributed by atoms with van der Waals surface area (Å²) in [6.45, 7) is -0.0970. The van der Waals surface area contributed by atoms with Crippen LogP contribution >= 0.6 is 0 Å². The molecule has 0 aliphatic carbocycles. The van der Waals surface area contributed by atoms with Crippen molar-refractivity contribution in [2.24, 2.45) is 0 Å². The number of nitrogens with one attached hydrogen (secondary N) is 1. The molecule has 0 radical (unpaired) electrons. The van der Waals surface area contributed by atoms with E-state index in [2.05, 4.69) is 13.7 Å². The number of ether oxygens (including phenoxy) is 3. The van der Waals surface area contributed by atoms with Crippen LogP contribution in [0.3, 0.4) is 0 Å². The van der Waals surface area contributed by atoms with Crippen molar-refractivity contribution in [1.82, 2.24) is 5.32 Å². The summed E-state index contributed by atoms with van der Waals surface area (Å²) in [6.07, 6.45) is -14.0. The van der Waals surface area contributed by atoms with E-state index in [1.165, 1.54) is 0 Å². The molecule has 8 atom stereocenters. The summed E-state index contributed by atoms with van der Waals surface area (Å²) in [4.78, 5) is 22.9. The molecule has 2 aliphatic rings. The Balaban J connectivity index is 2.54. The van der Waals surface area contributed by atoms with Crippen molar-refractivity contribution in [3.8, 4) is 0 Å². The number of aliphatic hydroxyl groups excluding tert-OH is 3. The van der Waals surface area contributed by atoms with Gasteiger partial charge in [-0.25, -0.2) is 13.2 Å². The molecule has 0 bridgehead atoms. The summed E-state index contributed by atoms with van der Waals surface area (Å²) < 4.78 is 87.1. The van der Waals surface area contributed by atoms with Crippen LogP contribution in [0.2, 0.25) is 0 Å². The topological polar surface area (TPSA) is 282 Å². The maximum atomic E-state index is 11.6. The minimum absolute atomic E-state index is 0.491. The lowest BCUT2D eigenvalue weighted by atomic mass is 9.96. The molecule has 7 N–H and O–H groups in total. The summed E-state index contributed by atoms with van der Waals surface area (Å²) in [7, 11) is -10.6. The van der Waals surface area contributed by atoms with Gasteiger partial charge in [0.25, 0.3) is 0 Å². The number of amides is 1. The van der Waals surface area contributed by atoms with Crippen LogP contribution in [-0.4, -0.2) is 114 Å². The number of rotatable bonds is 9. The van der Waals surface area contributed by atoms with E-state index in [-0.39, 0.29) is 0 Å². The number of aliphatic carboxylic acids is 1. The molecular formula is C14H21NO17S2. The van der Waals surface area contributed by atoms with E-state index in [4.69, 9.17) is 28.4 Å². The predicted octanol–water partition coefficient (Wildman–Crippen LogP) is -4.35. The number of hydrogen-bond donors (Lipinski definition) is 7. The molecule has 0 aromatic carbocycles. The fraction of sp³-hybridized carbons (Fsp3) is 0.714. The lowest BCUT2D eigenvalue weighted by Crippen LogP contribution is -2.67. The van der Waals surface area contributed by atoms with Crippen molar-refractivity contribution in [3.05, 3.63) is 11.8 Å². The van der Waals surface area contributed by atoms with Gasteiger partial charge in [-0.2, -0.15) is 16.8 Å². The number of carboxylic acids is 1. The number of carboxylic acid groups (broad SMARTS) is 1. The second-order valence-corrected chi connectivity index (χ2v) is 8.96. The molecule has 34 heavy (non-hydrogen) atoms. The van der Waals surface area contributed by atoms with Gasteiger partial charge in [-0.3, -0.25) is 13.9 Å². The molecule has 2 rings (SSSR count). The molecular weight excluding hydrogens is 518 g/mol. The van der Waals surface area contributed by atoms with Gasteiger partial charge in [0.1, 0.15) is 30.5 Å². The van der Waals surface area contributed by atoms with E-state index in [9.17, 15) is 41.7 Å². The molecule has 2 heterocycles. The lowest BCUT2D eigenvalue weighted by molar-refractivity contribution is -0.296. The first kappa shape index (κ1) is 28.3. The zero-order valence-corrected chi connectivity index (χ0v) is 18.5. The molecule has 1 saturated heterocycles. The van der Waals surface area contributed by atoms with Crippen molar-refractivity contribution >= 4 is 32.7 Å². The second-order valence-electron chi connectivity index (χ2n) is 6.86. The summed E-state index contributed by atoms with van der Waals surface area (Å²) in [5, 5.41) is 41.1. The van der Waals surface area contributed by atoms with Crippen molar-refractivity contribution in [3.63, 3.8) is 0 Å². The normalized spacial score (nSPS) is 34.6. The Hall–Kier alpha value is -1.98. The van der Waals surface area contributed by atoms with Crippen molar-refractivity contribution in [1.29, 1.82) is 0 Å². The average Bonchev–Trinajstić information content (AvgIpc) is 2.66. The van der Waals surface area contributed by atoms with Crippen molar-refractivity contribution < 1.29 is 78.5 Å². The minimum Gasteiger partial charge on any atom is -0.475 e. The van der Waals surface area contributed by atoms with Gasteiger partial charge >= 0.3 is 26.8 Å². The van der Waals surface area contributed by atoms with Crippen LogP contribution in [0, 0.1) is 0 Å². The Bertz CT molecular complexity index is 1010. The number of carbonyl (C=O) groups excluding carboxylic acids is 1. The molecule has 18 nitrogen and oxygen atoms in total. The Morgan fingerprint density at radius 1 is 1.06 bits per heavy atom. The van der Waals surface area contributed by atoms with Gasteiger partial charge in [-0.1, -0.05) is 0 Å². The van der Waals surface area contributed by atoms with Gasteiger partial charge < -0.3 is 40.0 Å². The molecule has 0 aromatic rings. The standard InChI is InChI=1S/C14H21NO17S2/c1-4(17)15-8-11(10(32-34(25,26)27)7(3-16)28-13(8)21)30-14-9(31-33(22,23)24)5(18)2-6(29-14)12(19)20/h2,5,7-11,13-14,16,18,21H,3H2,1H3,(H,15,17)(H,19,20)(H,22,23,24)(H,25,26,27)/t5-,7+,8+,9+,10-,11+,13+,14+/m0/s1. The Morgan fingerprint density at radius 3 is 2.09 bits per heavy atom. The van der Waals surface area contributed by atoms with Crippen LogP contribution in [0.1, 0.15) is 6.92 Å². The molecule has 20 heteroatoms.